The number of carbonyl (C=O) groups excluding carboxylic acids is 1. The molecule has 0 radical (unpaired) electrons. The highest BCUT2D eigenvalue weighted by Crippen LogP contribution is 2.27. The van der Waals surface area contributed by atoms with E-state index in [1.807, 2.05) is 24.3 Å². The van der Waals surface area contributed by atoms with Crippen molar-refractivity contribution in [3.8, 4) is 10.6 Å². The Morgan fingerprint density at radius 2 is 1.83 bits per heavy atom. The van der Waals surface area contributed by atoms with E-state index in [-0.39, 0.29) is 11.7 Å². The number of nitrogens with one attached hydrogen (secondary N) is 1. The lowest BCUT2D eigenvalue weighted by atomic mass is 10.2. The summed E-state index contributed by atoms with van der Waals surface area (Å²) in [4.78, 5) is 21.0. The van der Waals surface area contributed by atoms with Gasteiger partial charge in [-0.2, -0.15) is 0 Å². The second-order valence-corrected chi connectivity index (χ2v) is 6.87. The molecule has 0 atom stereocenters. The number of rotatable bonds is 3. The Hall–Kier alpha value is -2.64. The number of hydrogen-bond donors (Lipinski definition) is 1. The third-order valence-electron chi connectivity index (χ3n) is 3.34. The Kier molecular flexibility index (Phi) is 3.79. The Labute approximate surface area is 144 Å². The fraction of sp³-hybridized carbons (Fsp3) is 0. The summed E-state index contributed by atoms with van der Waals surface area (Å²) in [6.07, 6.45) is 0. The Balaban J connectivity index is 1.55. The molecule has 0 aliphatic rings. The number of para-hydroxylation sites is 1. The zero-order valence-corrected chi connectivity index (χ0v) is 13.8. The number of benzene rings is 2. The molecular formula is C17H10FN3OS2. The van der Waals surface area contributed by atoms with Crippen LogP contribution in [0, 0.1) is 5.82 Å². The summed E-state index contributed by atoms with van der Waals surface area (Å²) >= 11 is 2.76. The van der Waals surface area contributed by atoms with E-state index in [0.717, 1.165) is 15.8 Å². The first-order valence-corrected chi connectivity index (χ1v) is 8.77. The van der Waals surface area contributed by atoms with Gasteiger partial charge in [-0.1, -0.05) is 23.5 Å². The molecule has 1 amide bonds. The topological polar surface area (TPSA) is 54.9 Å². The molecule has 0 aliphatic carbocycles. The van der Waals surface area contributed by atoms with Crippen LogP contribution in [0.1, 0.15) is 10.5 Å². The van der Waals surface area contributed by atoms with E-state index in [1.165, 1.54) is 34.8 Å². The van der Waals surface area contributed by atoms with Crippen molar-refractivity contribution in [2.24, 2.45) is 0 Å². The molecule has 2 aromatic carbocycles. The Morgan fingerprint density at radius 1 is 1.04 bits per heavy atom. The van der Waals surface area contributed by atoms with Crippen LogP contribution in [0.3, 0.4) is 0 Å². The first-order chi connectivity index (χ1) is 11.7. The second-order valence-electron chi connectivity index (χ2n) is 4.99. The van der Waals surface area contributed by atoms with Gasteiger partial charge in [0.05, 0.1) is 10.2 Å². The van der Waals surface area contributed by atoms with Crippen molar-refractivity contribution < 1.29 is 9.18 Å². The minimum atomic E-state index is -0.307. The van der Waals surface area contributed by atoms with Gasteiger partial charge in [-0.05, 0) is 36.4 Å². The van der Waals surface area contributed by atoms with Gasteiger partial charge in [-0.15, -0.1) is 11.3 Å². The number of fused-ring (bicyclic) bond motifs is 1. The fourth-order valence-electron chi connectivity index (χ4n) is 2.19. The van der Waals surface area contributed by atoms with Crippen LogP contribution in [-0.4, -0.2) is 15.9 Å². The van der Waals surface area contributed by atoms with Gasteiger partial charge in [0.1, 0.15) is 16.5 Å². The van der Waals surface area contributed by atoms with Crippen molar-refractivity contribution in [1.29, 1.82) is 0 Å². The molecule has 0 saturated carbocycles. The van der Waals surface area contributed by atoms with Gasteiger partial charge in [0.25, 0.3) is 5.91 Å². The van der Waals surface area contributed by atoms with Gasteiger partial charge >= 0.3 is 0 Å². The molecule has 2 heterocycles. The third kappa shape index (κ3) is 2.91. The van der Waals surface area contributed by atoms with Crippen molar-refractivity contribution in [2.75, 3.05) is 5.32 Å². The Bertz CT molecular complexity index is 991. The van der Waals surface area contributed by atoms with Crippen LogP contribution in [0.15, 0.2) is 53.9 Å². The average Bonchev–Trinajstić information content (AvgIpc) is 3.21. The summed E-state index contributed by atoms with van der Waals surface area (Å²) in [5, 5.41) is 5.67. The lowest BCUT2D eigenvalue weighted by Gasteiger charge is -1.97. The maximum atomic E-state index is 13.0. The standard InChI is InChI=1S/C17H10FN3OS2/c18-11-7-5-10(6-8-11)16-19-13(9-23-16)15(22)21-17-20-12-3-1-2-4-14(12)24-17/h1-9H,(H,20,21,22). The summed E-state index contributed by atoms with van der Waals surface area (Å²) in [6, 6.07) is 13.7. The molecule has 7 heteroatoms. The normalized spacial score (nSPS) is 10.9. The third-order valence-corrected chi connectivity index (χ3v) is 5.19. The maximum absolute atomic E-state index is 13.0. The number of halogens is 1. The van der Waals surface area contributed by atoms with Crippen molar-refractivity contribution in [3.63, 3.8) is 0 Å². The predicted molar refractivity (Wildman–Crippen MR) is 95.1 cm³/mol. The minimum Gasteiger partial charge on any atom is -0.296 e. The fourth-order valence-corrected chi connectivity index (χ4v) is 3.86. The maximum Gasteiger partial charge on any atom is 0.276 e. The monoisotopic (exact) mass is 355 g/mol. The molecule has 24 heavy (non-hydrogen) atoms. The molecule has 2 aromatic heterocycles. The van der Waals surface area contributed by atoms with Gasteiger partial charge in [0.2, 0.25) is 0 Å². The van der Waals surface area contributed by atoms with E-state index in [9.17, 15) is 9.18 Å². The van der Waals surface area contributed by atoms with Crippen molar-refractivity contribution in [1.82, 2.24) is 9.97 Å². The predicted octanol–water partition coefficient (Wildman–Crippen LogP) is 4.81. The highest BCUT2D eigenvalue weighted by molar-refractivity contribution is 7.22. The lowest BCUT2D eigenvalue weighted by Crippen LogP contribution is -2.11. The van der Waals surface area contributed by atoms with Crippen molar-refractivity contribution in [2.45, 2.75) is 0 Å². The van der Waals surface area contributed by atoms with E-state index >= 15 is 0 Å². The summed E-state index contributed by atoms with van der Waals surface area (Å²) in [7, 11) is 0. The number of thiazole rings is 2. The first kappa shape index (κ1) is 14.9. The summed E-state index contributed by atoms with van der Waals surface area (Å²) in [5.41, 5.74) is 1.95. The molecule has 0 fully saturated rings. The number of carbonyl (C=O) groups is 1. The first-order valence-electron chi connectivity index (χ1n) is 7.07. The van der Waals surface area contributed by atoms with E-state index in [2.05, 4.69) is 15.3 Å². The van der Waals surface area contributed by atoms with Gasteiger partial charge in [0, 0.05) is 10.9 Å². The molecule has 0 spiro atoms. The molecule has 0 aliphatic heterocycles. The molecule has 1 N–H and O–H groups in total. The van der Waals surface area contributed by atoms with Gasteiger partial charge in [-0.3, -0.25) is 10.1 Å². The minimum absolute atomic E-state index is 0.302. The summed E-state index contributed by atoms with van der Waals surface area (Å²) in [5.74, 6) is -0.609. The molecule has 4 rings (SSSR count). The number of anilines is 1. The second kappa shape index (κ2) is 6.10. The average molecular weight is 355 g/mol. The SMILES string of the molecule is O=C(Nc1nc2ccccc2s1)c1csc(-c2ccc(F)cc2)n1. The van der Waals surface area contributed by atoms with Crippen molar-refractivity contribution >= 4 is 43.9 Å². The lowest BCUT2D eigenvalue weighted by molar-refractivity contribution is 0.102. The molecule has 0 bridgehead atoms. The molecule has 118 valence electrons. The Morgan fingerprint density at radius 3 is 2.62 bits per heavy atom. The van der Waals surface area contributed by atoms with E-state index in [4.69, 9.17) is 0 Å². The largest absolute Gasteiger partial charge is 0.296 e. The van der Waals surface area contributed by atoms with E-state index in [1.54, 1.807) is 17.5 Å². The van der Waals surface area contributed by atoms with Gasteiger partial charge in [-0.25, -0.2) is 14.4 Å². The molecule has 0 saturated heterocycles. The highest BCUT2D eigenvalue weighted by atomic mass is 32.1. The summed E-state index contributed by atoms with van der Waals surface area (Å²) < 4.78 is 14.0. The van der Waals surface area contributed by atoms with E-state index in [0.29, 0.717) is 15.8 Å². The number of nitrogens with zero attached hydrogens (tertiary/aromatic N) is 2. The van der Waals surface area contributed by atoms with Crippen LogP contribution in [0.2, 0.25) is 0 Å². The van der Waals surface area contributed by atoms with Crippen LogP contribution in [0.25, 0.3) is 20.8 Å². The zero-order chi connectivity index (χ0) is 16.5. The number of aromatic nitrogens is 2. The molecule has 4 nitrogen and oxygen atoms in total. The molecule has 0 unspecified atom stereocenters. The van der Waals surface area contributed by atoms with Crippen LogP contribution < -0.4 is 5.32 Å². The molecular weight excluding hydrogens is 345 g/mol. The smallest absolute Gasteiger partial charge is 0.276 e. The van der Waals surface area contributed by atoms with Crippen LogP contribution in [0.4, 0.5) is 9.52 Å². The van der Waals surface area contributed by atoms with Crippen LogP contribution in [-0.2, 0) is 0 Å². The van der Waals surface area contributed by atoms with E-state index < -0.39 is 0 Å². The zero-order valence-electron chi connectivity index (χ0n) is 12.2. The molecule has 4 aromatic rings. The number of amides is 1. The number of hydrogen-bond acceptors (Lipinski definition) is 5. The highest BCUT2D eigenvalue weighted by Gasteiger charge is 2.14. The van der Waals surface area contributed by atoms with Gasteiger partial charge < -0.3 is 0 Å². The van der Waals surface area contributed by atoms with Crippen molar-refractivity contribution in [3.05, 3.63) is 65.4 Å². The van der Waals surface area contributed by atoms with Gasteiger partial charge in [0.15, 0.2) is 5.13 Å². The quantitative estimate of drug-likeness (QED) is 0.574. The van der Waals surface area contributed by atoms with Crippen LogP contribution in [0.5, 0.6) is 0 Å². The van der Waals surface area contributed by atoms with Crippen LogP contribution >= 0.6 is 22.7 Å². The summed E-state index contributed by atoms with van der Waals surface area (Å²) in [6.45, 7) is 0.